The van der Waals surface area contributed by atoms with Crippen LogP contribution < -0.4 is 4.74 Å². The molecule has 4 heteroatoms. The largest absolute Gasteiger partial charge is 0.491 e. The zero-order valence-electron chi connectivity index (χ0n) is 11.2. The van der Waals surface area contributed by atoms with Gasteiger partial charge in [-0.15, -0.1) is 11.3 Å². The molecule has 0 aliphatic rings. The summed E-state index contributed by atoms with van der Waals surface area (Å²) in [5, 5.41) is 13.1. The number of hydrogen-bond acceptors (Lipinski definition) is 3. The summed E-state index contributed by atoms with van der Waals surface area (Å²) in [4.78, 5) is 0.763. The summed E-state index contributed by atoms with van der Waals surface area (Å²) in [5.41, 5.74) is 1.74. The Morgan fingerprint density at radius 3 is 2.53 bits per heavy atom. The lowest BCUT2D eigenvalue weighted by Gasteiger charge is -2.17. The molecule has 2 aromatic rings. The van der Waals surface area contributed by atoms with Crippen LogP contribution in [0.25, 0.3) is 0 Å². The van der Waals surface area contributed by atoms with Crippen LogP contribution in [0.1, 0.15) is 36.0 Å². The van der Waals surface area contributed by atoms with Crippen molar-refractivity contribution in [2.24, 2.45) is 0 Å². The van der Waals surface area contributed by atoms with Crippen LogP contribution in [-0.4, -0.2) is 11.2 Å². The van der Waals surface area contributed by atoms with E-state index in [0.717, 1.165) is 16.0 Å². The average Bonchev–Trinajstić information content (AvgIpc) is 2.69. The van der Waals surface area contributed by atoms with Crippen LogP contribution in [0.3, 0.4) is 0 Å². The first-order chi connectivity index (χ1) is 9.00. The van der Waals surface area contributed by atoms with Gasteiger partial charge in [-0.1, -0.05) is 29.8 Å². The molecule has 1 atom stereocenters. The van der Waals surface area contributed by atoms with Crippen LogP contribution in [0.2, 0.25) is 5.02 Å². The number of thiophene rings is 1. The van der Waals surface area contributed by atoms with E-state index >= 15 is 0 Å². The predicted octanol–water partition coefficient (Wildman–Crippen LogP) is 4.58. The second-order valence-electron chi connectivity index (χ2n) is 4.70. The molecule has 0 spiro atoms. The van der Waals surface area contributed by atoms with Gasteiger partial charge in [0.25, 0.3) is 0 Å². The molecular weight excluding hydrogens is 280 g/mol. The molecule has 0 saturated heterocycles. The standard InChI is InChI=1S/C15H17ClO2S/c1-9(2)18-12-7-5-4-6-11(12)14(17)15-13(16)10(3)8-19-15/h4-9,14,17H,1-3H3. The number of hydrogen-bond donors (Lipinski definition) is 1. The van der Waals surface area contributed by atoms with Gasteiger partial charge in [0, 0.05) is 5.56 Å². The molecule has 0 amide bonds. The Labute approximate surface area is 122 Å². The highest BCUT2D eigenvalue weighted by Gasteiger charge is 2.20. The maximum Gasteiger partial charge on any atom is 0.125 e. The topological polar surface area (TPSA) is 29.5 Å². The third kappa shape index (κ3) is 3.11. The second-order valence-corrected chi connectivity index (χ2v) is 5.99. The lowest BCUT2D eigenvalue weighted by molar-refractivity contribution is 0.200. The average molecular weight is 297 g/mol. The molecule has 1 aromatic heterocycles. The van der Waals surface area contributed by atoms with Gasteiger partial charge in [0.2, 0.25) is 0 Å². The molecule has 0 radical (unpaired) electrons. The van der Waals surface area contributed by atoms with Crippen molar-refractivity contribution >= 4 is 22.9 Å². The van der Waals surface area contributed by atoms with Crippen molar-refractivity contribution in [1.82, 2.24) is 0 Å². The summed E-state index contributed by atoms with van der Waals surface area (Å²) in [7, 11) is 0. The van der Waals surface area contributed by atoms with Gasteiger partial charge in [-0.3, -0.25) is 0 Å². The number of benzene rings is 1. The fraction of sp³-hybridized carbons (Fsp3) is 0.333. The Morgan fingerprint density at radius 1 is 1.26 bits per heavy atom. The normalized spacial score (nSPS) is 12.7. The van der Waals surface area contributed by atoms with Gasteiger partial charge in [-0.05, 0) is 37.8 Å². The van der Waals surface area contributed by atoms with Crippen molar-refractivity contribution in [2.75, 3.05) is 0 Å². The molecule has 1 unspecified atom stereocenters. The van der Waals surface area contributed by atoms with Gasteiger partial charge < -0.3 is 9.84 Å². The fourth-order valence-electron chi connectivity index (χ4n) is 1.84. The van der Waals surface area contributed by atoms with Crippen molar-refractivity contribution in [2.45, 2.75) is 33.0 Å². The van der Waals surface area contributed by atoms with E-state index in [9.17, 15) is 5.11 Å². The van der Waals surface area contributed by atoms with Crippen LogP contribution >= 0.6 is 22.9 Å². The van der Waals surface area contributed by atoms with Crippen molar-refractivity contribution in [3.63, 3.8) is 0 Å². The van der Waals surface area contributed by atoms with Gasteiger partial charge in [0.1, 0.15) is 11.9 Å². The van der Waals surface area contributed by atoms with Crippen LogP contribution in [0.4, 0.5) is 0 Å². The summed E-state index contributed by atoms with van der Waals surface area (Å²) >= 11 is 7.69. The minimum atomic E-state index is -0.749. The first-order valence-corrected chi connectivity index (χ1v) is 7.43. The van der Waals surface area contributed by atoms with E-state index in [1.54, 1.807) is 0 Å². The van der Waals surface area contributed by atoms with Gasteiger partial charge in [0.15, 0.2) is 0 Å². The maximum atomic E-state index is 10.5. The SMILES string of the molecule is Cc1csc(C(O)c2ccccc2OC(C)C)c1Cl. The lowest BCUT2D eigenvalue weighted by Crippen LogP contribution is -2.09. The Balaban J connectivity index is 2.38. The minimum Gasteiger partial charge on any atom is -0.491 e. The third-order valence-corrected chi connectivity index (χ3v) is 4.52. The molecule has 2 rings (SSSR count). The van der Waals surface area contributed by atoms with Crippen LogP contribution in [-0.2, 0) is 0 Å². The Bertz CT molecular complexity index is 563. The molecule has 0 aliphatic carbocycles. The molecule has 0 aliphatic heterocycles. The summed E-state index contributed by atoms with van der Waals surface area (Å²) < 4.78 is 5.74. The zero-order valence-corrected chi connectivity index (χ0v) is 12.8. The molecule has 0 saturated carbocycles. The Morgan fingerprint density at radius 2 is 1.95 bits per heavy atom. The second kappa shape index (κ2) is 5.95. The lowest BCUT2D eigenvalue weighted by atomic mass is 10.1. The van der Waals surface area contributed by atoms with Gasteiger partial charge in [-0.25, -0.2) is 0 Å². The number of para-hydroxylation sites is 1. The summed E-state index contributed by atoms with van der Waals surface area (Å²) in [6, 6.07) is 7.52. The minimum absolute atomic E-state index is 0.0638. The summed E-state index contributed by atoms with van der Waals surface area (Å²) in [6.45, 7) is 5.86. The molecule has 19 heavy (non-hydrogen) atoms. The molecule has 0 fully saturated rings. The smallest absolute Gasteiger partial charge is 0.125 e. The Hall–Kier alpha value is -1.03. The fourth-order valence-corrected chi connectivity index (χ4v) is 3.14. The molecule has 2 nitrogen and oxygen atoms in total. The number of aliphatic hydroxyl groups is 1. The zero-order chi connectivity index (χ0) is 14.0. The van der Waals surface area contributed by atoms with E-state index in [1.165, 1.54) is 11.3 Å². The Kier molecular flexibility index (Phi) is 4.50. The van der Waals surface area contributed by atoms with Crippen molar-refractivity contribution < 1.29 is 9.84 Å². The van der Waals surface area contributed by atoms with Gasteiger partial charge in [-0.2, -0.15) is 0 Å². The molecule has 1 heterocycles. The predicted molar refractivity (Wildman–Crippen MR) is 80.3 cm³/mol. The molecule has 102 valence electrons. The van der Waals surface area contributed by atoms with Crippen molar-refractivity contribution in [3.05, 3.63) is 50.7 Å². The van der Waals surface area contributed by atoms with E-state index in [0.29, 0.717) is 10.8 Å². The van der Waals surface area contributed by atoms with Crippen LogP contribution in [0.5, 0.6) is 5.75 Å². The third-order valence-electron chi connectivity index (χ3n) is 2.75. The van der Waals surface area contributed by atoms with E-state index in [4.69, 9.17) is 16.3 Å². The van der Waals surface area contributed by atoms with E-state index in [1.807, 2.05) is 50.4 Å². The number of ether oxygens (including phenoxy) is 1. The molecule has 1 aromatic carbocycles. The molecule has 1 N–H and O–H groups in total. The number of halogens is 1. The first-order valence-electron chi connectivity index (χ1n) is 6.17. The highest BCUT2D eigenvalue weighted by molar-refractivity contribution is 7.10. The monoisotopic (exact) mass is 296 g/mol. The summed E-state index contributed by atoms with van der Waals surface area (Å²) in [6.07, 6.45) is -0.685. The van der Waals surface area contributed by atoms with Crippen molar-refractivity contribution in [3.8, 4) is 5.75 Å². The quantitative estimate of drug-likeness (QED) is 0.895. The van der Waals surface area contributed by atoms with E-state index in [-0.39, 0.29) is 6.10 Å². The number of aryl methyl sites for hydroxylation is 1. The van der Waals surface area contributed by atoms with E-state index in [2.05, 4.69) is 0 Å². The summed E-state index contributed by atoms with van der Waals surface area (Å²) in [5.74, 6) is 0.701. The number of rotatable bonds is 4. The van der Waals surface area contributed by atoms with Gasteiger partial charge >= 0.3 is 0 Å². The van der Waals surface area contributed by atoms with Crippen LogP contribution in [0.15, 0.2) is 29.6 Å². The molecule has 0 bridgehead atoms. The van der Waals surface area contributed by atoms with Gasteiger partial charge in [0.05, 0.1) is 16.0 Å². The van der Waals surface area contributed by atoms with Crippen molar-refractivity contribution in [1.29, 1.82) is 0 Å². The molecular formula is C15H17ClO2S. The van der Waals surface area contributed by atoms with E-state index < -0.39 is 6.10 Å². The highest BCUT2D eigenvalue weighted by atomic mass is 35.5. The van der Waals surface area contributed by atoms with Crippen LogP contribution in [0, 0.1) is 6.92 Å². The number of aliphatic hydroxyl groups excluding tert-OH is 1. The highest BCUT2D eigenvalue weighted by Crippen LogP contribution is 2.38. The first kappa shape index (κ1) is 14.4. The maximum absolute atomic E-state index is 10.5.